The van der Waals surface area contributed by atoms with Gasteiger partial charge in [0.15, 0.2) is 0 Å². The maximum absolute atomic E-state index is 12.8. The number of nitrogens with two attached hydrogens (primary N) is 1. The molecule has 0 bridgehead atoms. The van der Waals surface area contributed by atoms with Crippen molar-refractivity contribution in [3.05, 3.63) is 80.2 Å². The number of rotatable bonds is 7. The highest BCUT2D eigenvalue weighted by molar-refractivity contribution is 5.97. The van der Waals surface area contributed by atoms with Crippen LogP contribution >= 0.6 is 0 Å². The standard InChI is InChI=1S/C16H20N4O3.C16H22N2O3/c1-9(2)13-8-23-16(22)20(13)15(21)14(18-19-17)12-6-5-10(3)11(4)7-12;1-9(2)13-8-21-16(20)18(13)15(19)14(17)12-6-5-10(3)11(4)7-12/h5-7,9,13-14H,8H2,1-4H3;5-7,9,13-14H,8,17H2,1-4H3/t2*13-,14+/m11/s1. The fourth-order valence-corrected chi connectivity index (χ4v) is 4.99. The number of aryl methyl sites for hydroxylation is 4. The Morgan fingerprint density at radius 3 is 1.66 bits per heavy atom. The van der Waals surface area contributed by atoms with E-state index in [1.807, 2.05) is 79.7 Å². The Kier molecular flexibility index (Phi) is 11.1. The van der Waals surface area contributed by atoms with Gasteiger partial charge in [-0.05, 0) is 78.4 Å². The molecule has 0 aromatic heterocycles. The van der Waals surface area contributed by atoms with Crippen molar-refractivity contribution in [1.29, 1.82) is 0 Å². The van der Waals surface area contributed by atoms with Gasteiger partial charge in [0.25, 0.3) is 5.91 Å². The van der Waals surface area contributed by atoms with E-state index in [9.17, 15) is 19.2 Å². The minimum Gasteiger partial charge on any atom is -0.447 e. The minimum absolute atomic E-state index is 0.0527. The number of amides is 4. The van der Waals surface area contributed by atoms with Gasteiger partial charge in [-0.2, -0.15) is 0 Å². The van der Waals surface area contributed by atoms with E-state index >= 15 is 0 Å². The summed E-state index contributed by atoms with van der Waals surface area (Å²) in [4.78, 5) is 54.2. The molecule has 12 nitrogen and oxygen atoms in total. The van der Waals surface area contributed by atoms with Crippen LogP contribution < -0.4 is 5.73 Å². The van der Waals surface area contributed by atoms with Crippen molar-refractivity contribution in [2.45, 2.75) is 79.6 Å². The number of hydrogen-bond acceptors (Lipinski definition) is 8. The predicted octanol–water partition coefficient (Wildman–Crippen LogP) is 5.96. The third-order valence-corrected chi connectivity index (χ3v) is 8.23. The Morgan fingerprint density at radius 1 is 0.795 bits per heavy atom. The molecule has 0 unspecified atom stereocenters. The van der Waals surface area contributed by atoms with Crippen LogP contribution in [0.5, 0.6) is 0 Å². The van der Waals surface area contributed by atoms with Gasteiger partial charge in [-0.25, -0.2) is 19.4 Å². The molecule has 2 N–H and O–H groups in total. The number of hydrogen-bond donors (Lipinski definition) is 1. The summed E-state index contributed by atoms with van der Waals surface area (Å²) in [7, 11) is 0. The summed E-state index contributed by atoms with van der Waals surface area (Å²) < 4.78 is 10.00. The van der Waals surface area contributed by atoms with Gasteiger partial charge in [0.2, 0.25) is 5.91 Å². The molecule has 2 heterocycles. The smallest absolute Gasteiger partial charge is 0.417 e. The van der Waals surface area contributed by atoms with Gasteiger partial charge in [0, 0.05) is 4.91 Å². The van der Waals surface area contributed by atoms with Crippen molar-refractivity contribution in [2.75, 3.05) is 13.2 Å². The second-order valence-corrected chi connectivity index (χ2v) is 12.0. The summed E-state index contributed by atoms with van der Waals surface area (Å²) in [6, 6.07) is 8.53. The molecule has 0 saturated carbocycles. The molecule has 44 heavy (non-hydrogen) atoms. The molecule has 4 rings (SSSR count). The van der Waals surface area contributed by atoms with E-state index in [1.54, 1.807) is 12.1 Å². The Labute approximate surface area is 258 Å². The van der Waals surface area contributed by atoms with Crippen LogP contribution in [0.1, 0.15) is 73.2 Å². The van der Waals surface area contributed by atoms with Crippen LogP contribution in [-0.4, -0.2) is 59.1 Å². The van der Waals surface area contributed by atoms with E-state index in [0.717, 1.165) is 27.2 Å². The number of imide groups is 2. The number of nitrogens with zero attached hydrogens (tertiary/aromatic N) is 5. The van der Waals surface area contributed by atoms with Gasteiger partial charge in [0.05, 0.1) is 12.1 Å². The molecule has 2 aliphatic heterocycles. The Hall–Kier alpha value is -4.41. The molecule has 2 fully saturated rings. The first-order valence-corrected chi connectivity index (χ1v) is 14.6. The van der Waals surface area contributed by atoms with E-state index in [0.29, 0.717) is 11.1 Å². The second-order valence-electron chi connectivity index (χ2n) is 12.0. The zero-order valence-corrected chi connectivity index (χ0v) is 26.6. The zero-order valence-electron chi connectivity index (χ0n) is 26.6. The molecule has 2 aliphatic rings. The maximum atomic E-state index is 12.8. The first-order chi connectivity index (χ1) is 20.7. The lowest BCUT2D eigenvalue weighted by molar-refractivity contribution is -0.132. The summed E-state index contributed by atoms with van der Waals surface area (Å²) in [5.74, 6) is -0.768. The highest BCUT2D eigenvalue weighted by Gasteiger charge is 2.43. The van der Waals surface area contributed by atoms with Crippen molar-refractivity contribution < 1.29 is 28.7 Å². The second kappa shape index (κ2) is 14.4. The number of ether oxygens (including phenoxy) is 2. The largest absolute Gasteiger partial charge is 0.447 e. The Balaban J connectivity index is 0.000000241. The van der Waals surface area contributed by atoms with Crippen molar-refractivity contribution in [3.8, 4) is 0 Å². The van der Waals surface area contributed by atoms with Crippen LogP contribution in [0.15, 0.2) is 41.5 Å². The van der Waals surface area contributed by atoms with E-state index in [1.165, 1.54) is 4.90 Å². The minimum atomic E-state index is -1.08. The van der Waals surface area contributed by atoms with Crippen LogP contribution in [0.2, 0.25) is 0 Å². The highest BCUT2D eigenvalue weighted by atomic mass is 16.6. The third-order valence-electron chi connectivity index (χ3n) is 8.23. The molecule has 4 amide bonds. The summed E-state index contributed by atoms with van der Waals surface area (Å²) >= 11 is 0. The van der Waals surface area contributed by atoms with E-state index in [4.69, 9.17) is 20.7 Å². The number of benzene rings is 2. The first-order valence-electron chi connectivity index (χ1n) is 14.6. The molecule has 0 spiro atoms. The van der Waals surface area contributed by atoms with Gasteiger partial charge in [0.1, 0.15) is 25.3 Å². The third kappa shape index (κ3) is 7.38. The van der Waals surface area contributed by atoms with Crippen LogP contribution in [0.25, 0.3) is 10.4 Å². The number of azide groups is 1. The lowest BCUT2D eigenvalue weighted by Gasteiger charge is -2.25. The maximum Gasteiger partial charge on any atom is 0.417 e. The number of carbonyl (C=O) groups is 4. The van der Waals surface area contributed by atoms with Crippen LogP contribution in [0, 0.1) is 39.5 Å². The Bertz CT molecular complexity index is 1470. The molecule has 4 atom stereocenters. The number of cyclic esters (lactones) is 2. The normalized spacial score (nSPS) is 19.2. The van der Waals surface area contributed by atoms with Gasteiger partial charge in [-0.15, -0.1) is 0 Å². The summed E-state index contributed by atoms with van der Waals surface area (Å²) in [5, 5.41) is 3.62. The fourth-order valence-electron chi connectivity index (χ4n) is 4.99. The molecule has 2 aromatic carbocycles. The molecule has 0 aliphatic carbocycles. The van der Waals surface area contributed by atoms with Crippen molar-refractivity contribution in [3.63, 3.8) is 0 Å². The van der Waals surface area contributed by atoms with E-state index < -0.39 is 36.1 Å². The monoisotopic (exact) mass is 606 g/mol. The first kappa shape index (κ1) is 34.1. The lowest BCUT2D eigenvalue weighted by Crippen LogP contribution is -2.46. The highest BCUT2D eigenvalue weighted by Crippen LogP contribution is 2.29. The average molecular weight is 607 g/mol. The summed E-state index contributed by atoms with van der Waals surface area (Å²) in [6.07, 6.45) is -1.28. The van der Waals surface area contributed by atoms with Crippen LogP contribution in [0.4, 0.5) is 9.59 Å². The molecular weight excluding hydrogens is 564 g/mol. The predicted molar refractivity (Wildman–Crippen MR) is 164 cm³/mol. The molecule has 0 radical (unpaired) electrons. The molecule has 12 heteroatoms. The SMILES string of the molecule is Cc1ccc([C@H](N)C(=O)N2C(=O)OC[C@@H]2C(C)C)cc1C.Cc1ccc([C@H](N=[N+]=[N-])C(=O)N2C(=O)OC[C@@H]2C(C)C)cc1C. The molecular formula is C32H42N6O6. The number of carbonyl (C=O) groups excluding carboxylic acids is 4. The topological polar surface area (TPSA) is 168 Å². The average Bonchev–Trinajstić information content (AvgIpc) is 3.56. The quantitative estimate of drug-likeness (QED) is 0.230. The Morgan fingerprint density at radius 2 is 1.23 bits per heavy atom. The molecule has 236 valence electrons. The van der Waals surface area contributed by atoms with Gasteiger partial charge in [-0.3, -0.25) is 9.59 Å². The molecule has 2 aromatic rings. The fraction of sp³-hybridized carbons (Fsp3) is 0.500. The van der Waals surface area contributed by atoms with Gasteiger partial charge in [-0.1, -0.05) is 69.2 Å². The summed E-state index contributed by atoms with van der Waals surface area (Å²) in [5.41, 5.74) is 20.4. The summed E-state index contributed by atoms with van der Waals surface area (Å²) in [6.45, 7) is 16.0. The lowest BCUT2D eigenvalue weighted by atomic mass is 9.99. The van der Waals surface area contributed by atoms with Gasteiger partial charge >= 0.3 is 12.2 Å². The van der Waals surface area contributed by atoms with E-state index in [-0.39, 0.29) is 37.1 Å². The van der Waals surface area contributed by atoms with Crippen molar-refractivity contribution in [1.82, 2.24) is 9.80 Å². The van der Waals surface area contributed by atoms with Crippen molar-refractivity contribution >= 4 is 24.0 Å². The zero-order chi connectivity index (χ0) is 32.9. The van der Waals surface area contributed by atoms with Crippen LogP contribution in [-0.2, 0) is 19.1 Å². The van der Waals surface area contributed by atoms with Gasteiger partial charge < -0.3 is 15.2 Å². The van der Waals surface area contributed by atoms with E-state index in [2.05, 4.69) is 10.0 Å². The van der Waals surface area contributed by atoms with Crippen molar-refractivity contribution in [2.24, 2.45) is 22.7 Å². The van der Waals surface area contributed by atoms with Crippen LogP contribution in [0.3, 0.4) is 0 Å². The molecule has 2 saturated heterocycles.